The first-order chi connectivity index (χ1) is 7.69. The summed E-state index contributed by atoms with van der Waals surface area (Å²) in [4.78, 5) is 0. The van der Waals surface area contributed by atoms with Crippen LogP contribution in [0, 0.1) is 18.3 Å². The Balaban J connectivity index is 2.76. The normalized spacial score (nSPS) is 11.9. The first kappa shape index (κ1) is 12.5. The number of benzene rings is 1. The molecule has 1 atom stereocenters. The zero-order valence-electron chi connectivity index (χ0n) is 9.99. The number of nitriles is 1. The molecule has 0 aliphatic heterocycles. The highest BCUT2D eigenvalue weighted by Gasteiger charge is 2.10. The Labute approximate surface area is 96.6 Å². The second-order valence-electron chi connectivity index (χ2n) is 3.65. The molecule has 0 spiro atoms. The predicted octanol–water partition coefficient (Wildman–Crippen LogP) is 2.67. The van der Waals surface area contributed by atoms with Crippen molar-refractivity contribution >= 4 is 0 Å². The van der Waals surface area contributed by atoms with Crippen LogP contribution in [0.4, 0.5) is 0 Å². The van der Waals surface area contributed by atoms with Crippen molar-refractivity contribution in [3.05, 3.63) is 29.3 Å². The van der Waals surface area contributed by atoms with Crippen LogP contribution >= 0.6 is 0 Å². The molecule has 0 saturated heterocycles. The number of hydrogen-bond donors (Lipinski definition) is 0. The fourth-order valence-electron chi connectivity index (χ4n) is 1.42. The fourth-order valence-corrected chi connectivity index (χ4v) is 1.42. The van der Waals surface area contributed by atoms with E-state index < -0.39 is 0 Å². The van der Waals surface area contributed by atoms with E-state index in [1.807, 2.05) is 32.9 Å². The number of nitrogens with zero attached hydrogens (tertiary/aromatic N) is 1. The second-order valence-corrected chi connectivity index (χ2v) is 3.65. The van der Waals surface area contributed by atoms with E-state index in [2.05, 4.69) is 6.07 Å². The summed E-state index contributed by atoms with van der Waals surface area (Å²) in [6, 6.07) is 7.68. The molecule has 0 bridgehead atoms. The molecule has 0 aromatic heterocycles. The van der Waals surface area contributed by atoms with Gasteiger partial charge < -0.3 is 9.47 Å². The van der Waals surface area contributed by atoms with Crippen molar-refractivity contribution in [3.8, 4) is 11.8 Å². The van der Waals surface area contributed by atoms with E-state index in [1.54, 1.807) is 6.07 Å². The summed E-state index contributed by atoms with van der Waals surface area (Å²) in [6.07, 6.45) is -0.0480. The van der Waals surface area contributed by atoms with Gasteiger partial charge in [0.15, 0.2) is 0 Å². The van der Waals surface area contributed by atoms with Crippen LogP contribution in [0.1, 0.15) is 25.0 Å². The Hall–Kier alpha value is -1.53. The molecular formula is C13H17NO2. The number of hydrogen-bond acceptors (Lipinski definition) is 3. The highest BCUT2D eigenvalue weighted by Crippen LogP contribution is 2.23. The topological polar surface area (TPSA) is 42.2 Å². The maximum absolute atomic E-state index is 8.97. The first-order valence-electron chi connectivity index (χ1n) is 5.43. The summed E-state index contributed by atoms with van der Waals surface area (Å²) in [5.74, 6) is 0.664. The van der Waals surface area contributed by atoms with E-state index >= 15 is 0 Å². The minimum absolute atomic E-state index is 0.0480. The van der Waals surface area contributed by atoms with Crippen LogP contribution in [-0.4, -0.2) is 19.3 Å². The van der Waals surface area contributed by atoms with Crippen LogP contribution in [-0.2, 0) is 4.74 Å². The SMILES string of the molecule is CCOCC(C)Oc1c(C)cccc1C#N. The van der Waals surface area contributed by atoms with Gasteiger partial charge in [-0.05, 0) is 32.4 Å². The molecular weight excluding hydrogens is 202 g/mol. The lowest BCUT2D eigenvalue weighted by Gasteiger charge is -2.17. The first-order valence-corrected chi connectivity index (χ1v) is 5.43. The van der Waals surface area contributed by atoms with Gasteiger partial charge in [-0.3, -0.25) is 0 Å². The van der Waals surface area contributed by atoms with Crippen LogP contribution < -0.4 is 4.74 Å². The standard InChI is InChI=1S/C13H17NO2/c1-4-15-9-11(3)16-13-10(2)6-5-7-12(13)8-14/h5-7,11H,4,9H2,1-3H3. The zero-order valence-corrected chi connectivity index (χ0v) is 9.99. The average Bonchev–Trinajstić information content (AvgIpc) is 2.29. The van der Waals surface area contributed by atoms with E-state index in [4.69, 9.17) is 14.7 Å². The van der Waals surface area contributed by atoms with Gasteiger partial charge in [0, 0.05) is 6.61 Å². The van der Waals surface area contributed by atoms with Gasteiger partial charge in [-0.1, -0.05) is 12.1 Å². The van der Waals surface area contributed by atoms with E-state index in [1.165, 1.54) is 0 Å². The Morgan fingerprint density at radius 2 is 2.19 bits per heavy atom. The van der Waals surface area contributed by atoms with E-state index in [0.717, 1.165) is 5.56 Å². The molecule has 0 N–H and O–H groups in total. The van der Waals surface area contributed by atoms with Gasteiger partial charge in [0.05, 0.1) is 12.2 Å². The van der Waals surface area contributed by atoms with E-state index in [0.29, 0.717) is 24.5 Å². The Kier molecular flexibility index (Phi) is 4.81. The fraction of sp³-hybridized carbons (Fsp3) is 0.462. The third kappa shape index (κ3) is 3.25. The highest BCUT2D eigenvalue weighted by atomic mass is 16.5. The summed E-state index contributed by atoms with van der Waals surface area (Å²) in [5.41, 5.74) is 1.55. The number of ether oxygens (including phenoxy) is 2. The van der Waals surface area contributed by atoms with Crippen LogP contribution in [0.25, 0.3) is 0 Å². The van der Waals surface area contributed by atoms with Gasteiger partial charge >= 0.3 is 0 Å². The molecule has 1 aromatic carbocycles. The molecule has 1 aromatic rings. The summed E-state index contributed by atoms with van der Waals surface area (Å²) < 4.78 is 11.0. The summed E-state index contributed by atoms with van der Waals surface area (Å²) in [7, 11) is 0. The average molecular weight is 219 g/mol. The van der Waals surface area contributed by atoms with E-state index in [-0.39, 0.29) is 6.10 Å². The van der Waals surface area contributed by atoms with Crippen molar-refractivity contribution in [2.24, 2.45) is 0 Å². The van der Waals surface area contributed by atoms with Crippen LogP contribution in [0.3, 0.4) is 0 Å². The third-order valence-corrected chi connectivity index (χ3v) is 2.21. The molecule has 0 heterocycles. The molecule has 86 valence electrons. The Bertz CT molecular complexity index is 382. The minimum Gasteiger partial charge on any atom is -0.487 e. The molecule has 3 heteroatoms. The van der Waals surface area contributed by atoms with Crippen molar-refractivity contribution < 1.29 is 9.47 Å². The van der Waals surface area contributed by atoms with E-state index in [9.17, 15) is 0 Å². The van der Waals surface area contributed by atoms with Crippen molar-refractivity contribution in [2.75, 3.05) is 13.2 Å². The second kappa shape index (κ2) is 6.14. The molecule has 3 nitrogen and oxygen atoms in total. The van der Waals surface area contributed by atoms with Gasteiger partial charge in [-0.25, -0.2) is 0 Å². The smallest absolute Gasteiger partial charge is 0.140 e. The molecule has 1 rings (SSSR count). The van der Waals surface area contributed by atoms with Gasteiger partial charge in [0.1, 0.15) is 17.9 Å². The number of rotatable bonds is 5. The molecule has 0 aliphatic carbocycles. The lowest BCUT2D eigenvalue weighted by molar-refractivity contribution is 0.0652. The van der Waals surface area contributed by atoms with Crippen molar-refractivity contribution in [1.82, 2.24) is 0 Å². The molecule has 0 amide bonds. The van der Waals surface area contributed by atoms with Crippen molar-refractivity contribution in [3.63, 3.8) is 0 Å². The summed E-state index contributed by atoms with van der Waals surface area (Å²) in [5, 5.41) is 8.97. The van der Waals surface area contributed by atoms with Gasteiger partial charge in [0.25, 0.3) is 0 Å². The van der Waals surface area contributed by atoms with Gasteiger partial charge in [-0.2, -0.15) is 5.26 Å². The third-order valence-electron chi connectivity index (χ3n) is 2.21. The molecule has 0 fully saturated rings. The maximum Gasteiger partial charge on any atom is 0.140 e. The lowest BCUT2D eigenvalue weighted by atomic mass is 10.1. The largest absolute Gasteiger partial charge is 0.487 e. The Morgan fingerprint density at radius 3 is 2.81 bits per heavy atom. The van der Waals surface area contributed by atoms with Crippen LogP contribution in [0.2, 0.25) is 0 Å². The Morgan fingerprint density at radius 1 is 1.44 bits per heavy atom. The van der Waals surface area contributed by atoms with Gasteiger partial charge in [0.2, 0.25) is 0 Å². The zero-order chi connectivity index (χ0) is 12.0. The van der Waals surface area contributed by atoms with Crippen LogP contribution in [0.5, 0.6) is 5.75 Å². The summed E-state index contributed by atoms with van der Waals surface area (Å²) >= 11 is 0. The molecule has 0 radical (unpaired) electrons. The predicted molar refractivity (Wildman–Crippen MR) is 62.5 cm³/mol. The maximum atomic E-state index is 8.97. The number of aryl methyl sites for hydroxylation is 1. The van der Waals surface area contributed by atoms with Crippen molar-refractivity contribution in [1.29, 1.82) is 5.26 Å². The number of para-hydroxylation sites is 1. The lowest BCUT2D eigenvalue weighted by Crippen LogP contribution is -2.20. The molecule has 0 aliphatic rings. The quantitative estimate of drug-likeness (QED) is 0.764. The highest BCUT2D eigenvalue weighted by molar-refractivity contribution is 5.47. The molecule has 0 saturated carbocycles. The van der Waals surface area contributed by atoms with Crippen molar-refractivity contribution in [2.45, 2.75) is 26.9 Å². The molecule has 16 heavy (non-hydrogen) atoms. The van der Waals surface area contributed by atoms with Gasteiger partial charge in [-0.15, -0.1) is 0 Å². The van der Waals surface area contributed by atoms with Crippen LogP contribution in [0.15, 0.2) is 18.2 Å². The monoisotopic (exact) mass is 219 g/mol. The summed E-state index contributed by atoms with van der Waals surface area (Å²) in [6.45, 7) is 7.02. The molecule has 1 unspecified atom stereocenters. The minimum atomic E-state index is -0.0480.